The van der Waals surface area contributed by atoms with Crippen molar-refractivity contribution in [1.29, 1.82) is 0 Å². The molecular weight excluding hydrogens is 234 g/mol. The molecule has 0 fully saturated rings. The summed E-state index contributed by atoms with van der Waals surface area (Å²) in [4.78, 5) is 7.40. The van der Waals surface area contributed by atoms with Gasteiger partial charge in [0.1, 0.15) is 0 Å². The standard InChI is InChI=1S/C16H17N3/c1-2-8-16-15(7-1)13(11-19-16)5-3-10-18-14-6-4-9-17-12-14/h1-2,4,6-9,11-12,18-19H,3,5,10H2. The largest absolute Gasteiger partial charge is 0.384 e. The molecule has 3 heteroatoms. The third-order valence-electron chi connectivity index (χ3n) is 3.29. The first-order chi connectivity index (χ1) is 9.43. The van der Waals surface area contributed by atoms with Gasteiger partial charge in [0.15, 0.2) is 0 Å². The van der Waals surface area contributed by atoms with Crippen LogP contribution in [-0.2, 0) is 6.42 Å². The second-order valence-electron chi connectivity index (χ2n) is 4.63. The van der Waals surface area contributed by atoms with E-state index in [1.54, 1.807) is 6.20 Å². The Kier molecular flexibility index (Phi) is 3.45. The monoisotopic (exact) mass is 251 g/mol. The minimum Gasteiger partial charge on any atom is -0.384 e. The summed E-state index contributed by atoms with van der Waals surface area (Å²) in [5.41, 5.74) is 3.70. The lowest BCUT2D eigenvalue weighted by Gasteiger charge is -2.05. The minimum atomic E-state index is 0.963. The molecule has 1 aromatic carbocycles. The Labute approximate surface area is 112 Å². The fourth-order valence-electron chi connectivity index (χ4n) is 2.32. The molecule has 0 saturated carbocycles. The topological polar surface area (TPSA) is 40.7 Å². The second-order valence-corrected chi connectivity index (χ2v) is 4.63. The number of benzene rings is 1. The Bertz CT molecular complexity index is 643. The van der Waals surface area contributed by atoms with E-state index in [2.05, 4.69) is 45.7 Å². The van der Waals surface area contributed by atoms with Crippen molar-refractivity contribution in [3.05, 3.63) is 60.6 Å². The number of aromatic amines is 1. The maximum absolute atomic E-state index is 4.09. The molecule has 3 nitrogen and oxygen atoms in total. The highest BCUT2D eigenvalue weighted by Crippen LogP contribution is 2.18. The quantitative estimate of drug-likeness (QED) is 0.680. The summed E-state index contributed by atoms with van der Waals surface area (Å²) >= 11 is 0. The molecule has 19 heavy (non-hydrogen) atoms. The number of hydrogen-bond acceptors (Lipinski definition) is 2. The number of hydrogen-bond donors (Lipinski definition) is 2. The van der Waals surface area contributed by atoms with Crippen LogP contribution in [0.3, 0.4) is 0 Å². The van der Waals surface area contributed by atoms with Gasteiger partial charge in [0.25, 0.3) is 0 Å². The lowest BCUT2D eigenvalue weighted by Crippen LogP contribution is -2.02. The molecule has 2 heterocycles. The summed E-state index contributed by atoms with van der Waals surface area (Å²) in [6.07, 6.45) is 7.95. The van der Waals surface area contributed by atoms with Crippen molar-refractivity contribution in [3.63, 3.8) is 0 Å². The van der Waals surface area contributed by atoms with Crippen molar-refractivity contribution in [3.8, 4) is 0 Å². The van der Waals surface area contributed by atoms with Gasteiger partial charge in [-0.3, -0.25) is 4.98 Å². The van der Waals surface area contributed by atoms with E-state index in [1.807, 2.05) is 18.3 Å². The van der Waals surface area contributed by atoms with Crippen molar-refractivity contribution < 1.29 is 0 Å². The predicted octanol–water partition coefficient (Wildman–Crippen LogP) is 3.61. The molecule has 0 bridgehead atoms. The number of aromatic nitrogens is 2. The van der Waals surface area contributed by atoms with Gasteiger partial charge in [-0.25, -0.2) is 0 Å². The molecule has 2 aromatic heterocycles. The first kappa shape index (κ1) is 11.8. The zero-order valence-corrected chi connectivity index (χ0v) is 10.8. The van der Waals surface area contributed by atoms with Crippen molar-refractivity contribution in [2.75, 3.05) is 11.9 Å². The number of rotatable bonds is 5. The third kappa shape index (κ3) is 2.76. The van der Waals surface area contributed by atoms with Crippen molar-refractivity contribution in [2.45, 2.75) is 12.8 Å². The lowest BCUT2D eigenvalue weighted by atomic mass is 10.1. The summed E-state index contributed by atoms with van der Waals surface area (Å²) in [5.74, 6) is 0. The highest BCUT2D eigenvalue weighted by Gasteiger charge is 2.02. The van der Waals surface area contributed by atoms with E-state index in [-0.39, 0.29) is 0 Å². The van der Waals surface area contributed by atoms with Crippen LogP contribution >= 0.6 is 0 Å². The smallest absolute Gasteiger partial charge is 0.0526 e. The number of para-hydroxylation sites is 1. The van der Waals surface area contributed by atoms with E-state index in [0.29, 0.717) is 0 Å². The summed E-state index contributed by atoms with van der Waals surface area (Å²) in [6, 6.07) is 12.4. The van der Waals surface area contributed by atoms with E-state index < -0.39 is 0 Å². The number of H-pyrrole nitrogens is 1. The molecule has 0 atom stereocenters. The molecule has 0 spiro atoms. The normalized spacial score (nSPS) is 10.7. The molecule has 96 valence electrons. The fourth-order valence-corrected chi connectivity index (χ4v) is 2.32. The van der Waals surface area contributed by atoms with Gasteiger partial charge in [-0.2, -0.15) is 0 Å². The van der Waals surface area contributed by atoms with E-state index in [0.717, 1.165) is 25.1 Å². The summed E-state index contributed by atoms with van der Waals surface area (Å²) < 4.78 is 0. The Morgan fingerprint density at radius 1 is 1.11 bits per heavy atom. The van der Waals surface area contributed by atoms with Gasteiger partial charge < -0.3 is 10.3 Å². The summed E-state index contributed by atoms with van der Waals surface area (Å²) in [6.45, 7) is 0.963. The molecule has 0 radical (unpaired) electrons. The van der Waals surface area contributed by atoms with Crippen molar-refractivity contribution >= 4 is 16.6 Å². The van der Waals surface area contributed by atoms with Gasteiger partial charge in [-0.1, -0.05) is 18.2 Å². The highest BCUT2D eigenvalue weighted by molar-refractivity contribution is 5.82. The van der Waals surface area contributed by atoms with Gasteiger partial charge in [-0.15, -0.1) is 0 Å². The Hall–Kier alpha value is -2.29. The average molecular weight is 251 g/mol. The first-order valence-electron chi connectivity index (χ1n) is 6.62. The highest BCUT2D eigenvalue weighted by atomic mass is 14.9. The van der Waals surface area contributed by atoms with Gasteiger partial charge in [0.05, 0.1) is 5.69 Å². The molecule has 0 aliphatic heterocycles. The molecular formula is C16H17N3. The number of fused-ring (bicyclic) bond motifs is 1. The zero-order valence-electron chi connectivity index (χ0n) is 10.8. The zero-order chi connectivity index (χ0) is 12.9. The molecule has 3 aromatic rings. The van der Waals surface area contributed by atoms with Crippen LogP contribution in [0.4, 0.5) is 5.69 Å². The molecule has 0 aliphatic rings. The van der Waals surface area contributed by atoms with E-state index >= 15 is 0 Å². The van der Waals surface area contributed by atoms with Crippen LogP contribution in [0, 0.1) is 0 Å². The lowest BCUT2D eigenvalue weighted by molar-refractivity contribution is 0.867. The van der Waals surface area contributed by atoms with E-state index in [1.165, 1.54) is 16.5 Å². The van der Waals surface area contributed by atoms with Crippen molar-refractivity contribution in [1.82, 2.24) is 9.97 Å². The molecule has 0 saturated heterocycles. The summed E-state index contributed by atoms with van der Waals surface area (Å²) in [5, 5.41) is 4.72. The molecule has 0 amide bonds. The predicted molar refractivity (Wildman–Crippen MR) is 79.3 cm³/mol. The van der Waals surface area contributed by atoms with E-state index in [9.17, 15) is 0 Å². The van der Waals surface area contributed by atoms with Gasteiger partial charge in [0.2, 0.25) is 0 Å². The number of nitrogens with one attached hydrogen (secondary N) is 2. The SMILES string of the molecule is c1cncc(NCCCc2c[nH]c3ccccc23)c1. The van der Waals surface area contributed by atoms with Crippen LogP contribution in [0.2, 0.25) is 0 Å². The first-order valence-corrected chi connectivity index (χ1v) is 6.62. The minimum absolute atomic E-state index is 0.963. The second kappa shape index (κ2) is 5.57. The number of nitrogens with zero attached hydrogens (tertiary/aromatic N) is 1. The number of anilines is 1. The number of aryl methyl sites for hydroxylation is 1. The Morgan fingerprint density at radius 2 is 2.05 bits per heavy atom. The van der Waals surface area contributed by atoms with Crippen LogP contribution in [0.5, 0.6) is 0 Å². The average Bonchev–Trinajstić information content (AvgIpc) is 2.88. The Morgan fingerprint density at radius 3 is 2.95 bits per heavy atom. The van der Waals surface area contributed by atoms with Crippen molar-refractivity contribution in [2.24, 2.45) is 0 Å². The maximum atomic E-state index is 4.09. The van der Waals surface area contributed by atoms with Gasteiger partial charge in [0, 0.05) is 36.0 Å². The van der Waals surface area contributed by atoms with Gasteiger partial charge in [-0.05, 0) is 36.6 Å². The molecule has 0 aliphatic carbocycles. The van der Waals surface area contributed by atoms with Crippen LogP contribution in [0.1, 0.15) is 12.0 Å². The summed E-state index contributed by atoms with van der Waals surface area (Å²) in [7, 11) is 0. The van der Waals surface area contributed by atoms with Crippen LogP contribution in [0.25, 0.3) is 10.9 Å². The third-order valence-corrected chi connectivity index (χ3v) is 3.29. The number of pyridine rings is 1. The molecule has 2 N–H and O–H groups in total. The van der Waals surface area contributed by atoms with Crippen LogP contribution in [0.15, 0.2) is 55.0 Å². The van der Waals surface area contributed by atoms with Crippen LogP contribution in [-0.4, -0.2) is 16.5 Å². The Balaban J connectivity index is 1.55. The maximum Gasteiger partial charge on any atom is 0.0526 e. The molecule has 3 rings (SSSR count). The van der Waals surface area contributed by atoms with Gasteiger partial charge >= 0.3 is 0 Å². The molecule has 0 unspecified atom stereocenters. The van der Waals surface area contributed by atoms with Crippen LogP contribution < -0.4 is 5.32 Å². The van der Waals surface area contributed by atoms with E-state index in [4.69, 9.17) is 0 Å². The fraction of sp³-hybridized carbons (Fsp3) is 0.188.